The quantitative estimate of drug-likeness (QED) is 0.306. The number of carboxylic acids is 1. The zero-order valence-corrected chi connectivity index (χ0v) is 13.7. The van der Waals surface area contributed by atoms with E-state index in [4.69, 9.17) is 4.74 Å². The summed E-state index contributed by atoms with van der Waals surface area (Å²) < 4.78 is 6.63. The third-order valence-corrected chi connectivity index (χ3v) is 4.63. The van der Waals surface area contributed by atoms with Crippen LogP contribution in [0.4, 0.5) is 0 Å². The van der Waals surface area contributed by atoms with Gasteiger partial charge >= 0.3 is 0 Å². The van der Waals surface area contributed by atoms with Gasteiger partial charge < -0.3 is 30.0 Å². The van der Waals surface area contributed by atoms with Crippen LogP contribution in [0.2, 0.25) is 0 Å². The van der Waals surface area contributed by atoms with Gasteiger partial charge in [0, 0.05) is 11.6 Å². The summed E-state index contributed by atoms with van der Waals surface area (Å²) in [6.07, 6.45) is -0.759. The van der Waals surface area contributed by atoms with Crippen LogP contribution >= 0.6 is 0 Å². The molecule has 0 amide bonds. The monoisotopic (exact) mass is 365 g/mol. The lowest BCUT2D eigenvalue weighted by molar-refractivity contribution is -0.777. The molecule has 2 unspecified atom stereocenters. The Kier molecular flexibility index (Phi) is 5.28. The highest BCUT2D eigenvalue weighted by Gasteiger charge is 2.48. The number of nitrogens with zero attached hydrogens (tertiary/aromatic N) is 3. The summed E-state index contributed by atoms with van der Waals surface area (Å²) in [7, 11) is 0. The molecule has 3 heterocycles. The van der Waals surface area contributed by atoms with Crippen LogP contribution in [-0.2, 0) is 9.53 Å². The summed E-state index contributed by atoms with van der Waals surface area (Å²) in [6, 6.07) is 3.08. The van der Waals surface area contributed by atoms with E-state index in [0.29, 0.717) is 18.5 Å². The molecule has 10 heteroatoms. The number of pyridine rings is 1. The first kappa shape index (κ1) is 18.4. The first-order valence-corrected chi connectivity index (χ1v) is 8.10. The van der Waals surface area contributed by atoms with Crippen molar-refractivity contribution in [2.24, 2.45) is 5.29 Å². The fourth-order valence-electron chi connectivity index (χ4n) is 3.22. The molecule has 10 nitrogen and oxygen atoms in total. The van der Waals surface area contributed by atoms with Gasteiger partial charge in [0.05, 0.1) is 23.8 Å². The highest BCUT2D eigenvalue weighted by molar-refractivity contribution is 5.71. The van der Waals surface area contributed by atoms with Crippen molar-refractivity contribution in [3.63, 3.8) is 0 Å². The van der Waals surface area contributed by atoms with Gasteiger partial charge in [-0.15, -0.1) is 4.91 Å². The Morgan fingerprint density at radius 3 is 2.73 bits per heavy atom. The van der Waals surface area contributed by atoms with Gasteiger partial charge in [0.1, 0.15) is 18.3 Å². The zero-order valence-electron chi connectivity index (χ0n) is 13.7. The topological polar surface area (TPSA) is 147 Å². The maximum absolute atomic E-state index is 11.1. The molecule has 140 valence electrons. The minimum Gasteiger partial charge on any atom is -0.547 e. The molecule has 1 fully saturated rings. The predicted octanol–water partition coefficient (Wildman–Crippen LogP) is -2.31. The molecule has 3 N–H and O–H groups in total. The number of carbonyl (C=O) groups is 1. The Hall–Kier alpha value is -2.40. The third-order valence-electron chi connectivity index (χ3n) is 4.63. The maximum Gasteiger partial charge on any atom is 0.292 e. The maximum atomic E-state index is 11.1. The van der Waals surface area contributed by atoms with Crippen LogP contribution in [0.1, 0.15) is 24.3 Å². The van der Waals surface area contributed by atoms with E-state index in [1.54, 1.807) is 18.3 Å². The summed E-state index contributed by atoms with van der Waals surface area (Å²) in [4.78, 5) is 22.1. The minimum atomic E-state index is -1.81. The van der Waals surface area contributed by atoms with Crippen molar-refractivity contribution in [3.8, 4) is 0 Å². The first-order valence-electron chi connectivity index (χ1n) is 8.10. The van der Waals surface area contributed by atoms with Crippen molar-refractivity contribution in [2.45, 2.75) is 43.1 Å². The number of hydrogen-bond donors (Lipinski definition) is 3. The van der Waals surface area contributed by atoms with Crippen LogP contribution in [-0.4, -0.2) is 57.3 Å². The van der Waals surface area contributed by atoms with E-state index in [1.165, 1.54) is 15.8 Å². The van der Waals surface area contributed by atoms with Gasteiger partial charge in [-0.05, 0) is 12.5 Å². The van der Waals surface area contributed by atoms with Crippen LogP contribution in [0.3, 0.4) is 0 Å². The largest absolute Gasteiger partial charge is 0.547 e. The van der Waals surface area contributed by atoms with Crippen LogP contribution in [0, 0.1) is 4.91 Å². The number of ether oxygens (including phenoxy) is 1. The Labute approximate surface area is 148 Å². The molecule has 0 bridgehead atoms. The Balaban J connectivity index is 1.90. The number of rotatable bonds is 4. The number of aliphatic hydroxyl groups is 3. The van der Waals surface area contributed by atoms with Crippen molar-refractivity contribution < 1.29 is 34.5 Å². The normalized spacial score (nSPS) is 34.5. The smallest absolute Gasteiger partial charge is 0.292 e. The summed E-state index contributed by atoms with van der Waals surface area (Å²) in [5.74, 6) is -1.70. The van der Waals surface area contributed by atoms with Crippen molar-refractivity contribution in [2.75, 3.05) is 6.54 Å². The number of aliphatic hydroxyl groups excluding tert-OH is 3. The first-order chi connectivity index (χ1) is 12.4. The minimum absolute atomic E-state index is 0.321. The average molecular weight is 365 g/mol. The number of aliphatic carboxylic acids is 1. The number of nitroso groups, excluding NO2 is 1. The zero-order chi connectivity index (χ0) is 18.8. The summed E-state index contributed by atoms with van der Waals surface area (Å²) in [5, 5.41) is 45.4. The Bertz CT molecular complexity index is 713. The molecule has 2 aliphatic heterocycles. The van der Waals surface area contributed by atoms with Gasteiger partial charge in [-0.1, -0.05) is 12.2 Å². The van der Waals surface area contributed by atoms with Crippen molar-refractivity contribution in [1.29, 1.82) is 0 Å². The second-order valence-electron chi connectivity index (χ2n) is 6.25. The number of carboxylic acid groups (broad SMARTS) is 1. The molecule has 0 aromatic carbocycles. The van der Waals surface area contributed by atoms with Crippen molar-refractivity contribution in [1.82, 2.24) is 5.01 Å². The molecule has 1 saturated heterocycles. The van der Waals surface area contributed by atoms with E-state index in [-0.39, 0.29) is 6.04 Å². The lowest BCUT2D eigenvalue weighted by Crippen LogP contribution is -2.65. The number of aromatic nitrogens is 1. The molecule has 0 aliphatic carbocycles. The van der Waals surface area contributed by atoms with Gasteiger partial charge in [-0.25, -0.2) is 5.01 Å². The molecule has 2 aliphatic rings. The average Bonchev–Trinajstić information content (AvgIpc) is 2.66. The third kappa shape index (κ3) is 3.31. The molecule has 0 spiro atoms. The van der Waals surface area contributed by atoms with E-state index in [0.717, 1.165) is 0 Å². The lowest BCUT2D eigenvalue weighted by Gasteiger charge is -2.38. The Morgan fingerprint density at radius 1 is 1.27 bits per heavy atom. The van der Waals surface area contributed by atoms with Gasteiger partial charge in [0.15, 0.2) is 18.5 Å². The lowest BCUT2D eigenvalue weighted by atomic mass is 9.97. The van der Waals surface area contributed by atoms with Crippen molar-refractivity contribution >= 4 is 5.97 Å². The van der Waals surface area contributed by atoms with E-state index in [9.17, 15) is 30.1 Å². The number of hydrogen-bond acceptors (Lipinski definition) is 8. The molecule has 1 aromatic rings. The standard InChI is InChI=1S/C16H19N3O7/c20-11-12(21)14(16(23)24)26-15(13(11)22)18-6-3-4-9(8-18)10-5-1-2-7-19(10)17-25/h1-4,6,8,10-15,20-22H,5,7H2/t10?,11-,12-,13-,14?,15+/m0/s1. The molecular weight excluding hydrogens is 346 g/mol. The summed E-state index contributed by atoms with van der Waals surface area (Å²) >= 11 is 0. The molecule has 26 heavy (non-hydrogen) atoms. The van der Waals surface area contributed by atoms with E-state index in [1.807, 2.05) is 12.2 Å². The van der Waals surface area contributed by atoms with Crippen LogP contribution in [0.25, 0.3) is 0 Å². The van der Waals surface area contributed by atoms with Crippen LogP contribution < -0.4 is 9.67 Å². The van der Waals surface area contributed by atoms with Crippen molar-refractivity contribution in [3.05, 3.63) is 47.1 Å². The Morgan fingerprint density at radius 2 is 2.04 bits per heavy atom. The summed E-state index contributed by atoms with van der Waals surface area (Å²) in [6.45, 7) is 0.364. The second kappa shape index (κ2) is 7.46. The predicted molar refractivity (Wildman–Crippen MR) is 82.6 cm³/mol. The SMILES string of the molecule is O=NN1CC=CCC1c1ccc[n+]([C@@H]2OC(C(=O)[O-])[C@@H](O)[C@H](O)[C@@H]2O)c1. The van der Waals surface area contributed by atoms with Gasteiger partial charge in [-0.3, -0.25) is 0 Å². The highest BCUT2D eigenvalue weighted by Crippen LogP contribution is 2.28. The fourth-order valence-corrected chi connectivity index (χ4v) is 3.22. The molecule has 3 rings (SSSR count). The fraction of sp³-hybridized carbons (Fsp3) is 0.500. The van der Waals surface area contributed by atoms with Gasteiger partial charge in [0.2, 0.25) is 0 Å². The molecule has 1 aromatic heterocycles. The van der Waals surface area contributed by atoms with E-state index in [2.05, 4.69) is 5.29 Å². The number of carbonyl (C=O) groups excluding carboxylic acids is 1. The van der Waals surface area contributed by atoms with Crippen LogP contribution in [0.5, 0.6) is 0 Å². The molecule has 0 saturated carbocycles. The van der Waals surface area contributed by atoms with Crippen LogP contribution in [0.15, 0.2) is 42.0 Å². The second-order valence-corrected chi connectivity index (χ2v) is 6.25. The highest BCUT2D eigenvalue weighted by atomic mass is 16.6. The molecule has 6 atom stereocenters. The van der Waals surface area contributed by atoms with Gasteiger partial charge in [0.25, 0.3) is 6.23 Å². The molecule has 0 radical (unpaired) electrons. The molecular formula is C16H19N3O7. The van der Waals surface area contributed by atoms with E-state index >= 15 is 0 Å². The summed E-state index contributed by atoms with van der Waals surface area (Å²) in [5.41, 5.74) is 0.692. The van der Waals surface area contributed by atoms with E-state index < -0.39 is 36.6 Å². The van der Waals surface area contributed by atoms with Gasteiger partial charge in [-0.2, -0.15) is 4.57 Å².